The first kappa shape index (κ1) is 16.5. The van der Waals surface area contributed by atoms with Gasteiger partial charge in [0.1, 0.15) is 0 Å². The average molecular weight is 329 g/mol. The number of hydrogen-bond donors (Lipinski definition) is 2. The molecule has 1 aliphatic carbocycles. The van der Waals surface area contributed by atoms with E-state index in [-0.39, 0.29) is 6.10 Å². The largest absolute Gasteiger partial charge is 0.390 e. The second kappa shape index (κ2) is 7.12. The van der Waals surface area contributed by atoms with Gasteiger partial charge in [0.15, 0.2) is 0 Å². The number of rotatable bonds is 6. The van der Waals surface area contributed by atoms with Crippen molar-refractivity contribution in [1.29, 1.82) is 0 Å². The first-order valence-corrected chi connectivity index (χ1v) is 9.65. The first-order valence-electron chi connectivity index (χ1n) is 9.65. The minimum atomic E-state index is -0.277. The van der Waals surface area contributed by atoms with Crippen LogP contribution in [0.1, 0.15) is 37.3 Å². The third-order valence-electron chi connectivity index (χ3n) is 5.96. The molecule has 1 aromatic rings. The monoisotopic (exact) mass is 329 g/mol. The number of nitrogens with one attached hydrogen (secondary N) is 1. The van der Waals surface area contributed by atoms with Crippen LogP contribution in [0, 0.1) is 0 Å². The zero-order valence-electron chi connectivity index (χ0n) is 14.8. The summed E-state index contributed by atoms with van der Waals surface area (Å²) in [4.78, 5) is 5.05. The maximum atomic E-state index is 10.4. The van der Waals surface area contributed by atoms with E-state index in [2.05, 4.69) is 46.3 Å². The standard InChI is InChI=1S/C20H31N3O/c1-15-10-18(13-23(15)19-6-7-19)21-11-20(24)14-22-9-8-16-4-2-3-5-17(16)12-22/h2-5,15,18-21,24H,6-14H2,1H3. The molecule has 1 saturated heterocycles. The Hall–Kier alpha value is -0.940. The van der Waals surface area contributed by atoms with E-state index >= 15 is 0 Å². The van der Waals surface area contributed by atoms with Crippen molar-refractivity contribution < 1.29 is 5.11 Å². The van der Waals surface area contributed by atoms with Crippen LogP contribution < -0.4 is 5.32 Å². The van der Waals surface area contributed by atoms with Gasteiger partial charge in [0.05, 0.1) is 6.10 Å². The van der Waals surface area contributed by atoms with Gasteiger partial charge in [0.25, 0.3) is 0 Å². The zero-order valence-corrected chi connectivity index (χ0v) is 14.8. The fourth-order valence-corrected chi connectivity index (χ4v) is 4.49. The lowest BCUT2D eigenvalue weighted by molar-refractivity contribution is 0.102. The molecule has 0 bridgehead atoms. The summed E-state index contributed by atoms with van der Waals surface area (Å²) >= 11 is 0. The Bertz CT molecular complexity index is 560. The summed E-state index contributed by atoms with van der Waals surface area (Å²) < 4.78 is 0. The predicted molar refractivity (Wildman–Crippen MR) is 97.0 cm³/mol. The van der Waals surface area contributed by atoms with Gasteiger partial charge in [-0.25, -0.2) is 0 Å². The summed E-state index contributed by atoms with van der Waals surface area (Å²) in [5.41, 5.74) is 2.90. The van der Waals surface area contributed by atoms with Crippen LogP contribution in [-0.4, -0.2) is 65.3 Å². The van der Waals surface area contributed by atoms with E-state index in [4.69, 9.17) is 0 Å². The van der Waals surface area contributed by atoms with Gasteiger partial charge in [-0.2, -0.15) is 0 Å². The smallest absolute Gasteiger partial charge is 0.0791 e. The van der Waals surface area contributed by atoms with Crippen LogP contribution in [0.15, 0.2) is 24.3 Å². The molecule has 3 atom stereocenters. The third-order valence-corrected chi connectivity index (χ3v) is 5.96. The molecule has 132 valence electrons. The van der Waals surface area contributed by atoms with Crippen LogP contribution in [0.5, 0.6) is 0 Å². The van der Waals surface area contributed by atoms with Crippen LogP contribution >= 0.6 is 0 Å². The molecule has 3 aliphatic rings. The molecule has 2 N–H and O–H groups in total. The van der Waals surface area contributed by atoms with Gasteiger partial charge in [-0.05, 0) is 43.7 Å². The molecule has 1 aromatic carbocycles. The van der Waals surface area contributed by atoms with Crippen LogP contribution in [0.2, 0.25) is 0 Å². The van der Waals surface area contributed by atoms with Crippen LogP contribution in [0.4, 0.5) is 0 Å². The van der Waals surface area contributed by atoms with Crippen molar-refractivity contribution in [3.05, 3.63) is 35.4 Å². The second-order valence-electron chi connectivity index (χ2n) is 8.03. The normalized spacial score (nSPS) is 29.6. The van der Waals surface area contributed by atoms with Crippen molar-refractivity contribution in [2.75, 3.05) is 26.2 Å². The van der Waals surface area contributed by atoms with Gasteiger partial charge in [0, 0.05) is 50.8 Å². The summed E-state index contributed by atoms with van der Waals surface area (Å²) in [6.45, 7) is 7.04. The van der Waals surface area contributed by atoms with E-state index in [1.54, 1.807) is 0 Å². The highest BCUT2D eigenvalue weighted by Gasteiger charge is 2.38. The van der Waals surface area contributed by atoms with E-state index in [0.717, 1.165) is 38.6 Å². The highest BCUT2D eigenvalue weighted by molar-refractivity contribution is 5.29. The molecular weight excluding hydrogens is 298 g/mol. The second-order valence-corrected chi connectivity index (χ2v) is 8.03. The van der Waals surface area contributed by atoms with Crippen molar-refractivity contribution in [2.24, 2.45) is 0 Å². The molecule has 3 unspecified atom stereocenters. The number of aliphatic hydroxyl groups excluding tert-OH is 1. The van der Waals surface area contributed by atoms with Crippen molar-refractivity contribution in [3.8, 4) is 0 Å². The summed E-state index contributed by atoms with van der Waals surface area (Å²) in [6, 6.07) is 10.8. The molecule has 1 saturated carbocycles. The van der Waals surface area contributed by atoms with E-state index in [1.165, 1.54) is 30.4 Å². The lowest BCUT2D eigenvalue weighted by atomic mass is 10.00. The number of β-amino-alcohol motifs (C(OH)–C–C–N with tert-alkyl or cyclic N) is 1. The Balaban J connectivity index is 1.21. The predicted octanol–water partition coefficient (Wildman–Crippen LogP) is 1.62. The molecule has 2 heterocycles. The van der Waals surface area contributed by atoms with Crippen molar-refractivity contribution >= 4 is 0 Å². The van der Waals surface area contributed by atoms with Gasteiger partial charge < -0.3 is 10.4 Å². The minimum Gasteiger partial charge on any atom is -0.390 e. The highest BCUT2D eigenvalue weighted by atomic mass is 16.3. The number of nitrogens with zero attached hydrogens (tertiary/aromatic N) is 2. The van der Waals surface area contributed by atoms with Crippen LogP contribution in [-0.2, 0) is 13.0 Å². The van der Waals surface area contributed by atoms with Gasteiger partial charge in [0.2, 0.25) is 0 Å². The Morgan fingerprint density at radius 1 is 1.25 bits per heavy atom. The molecule has 2 aliphatic heterocycles. The molecule has 0 spiro atoms. The summed E-state index contributed by atoms with van der Waals surface area (Å²) in [6.07, 6.45) is 4.82. The molecule has 0 radical (unpaired) electrons. The Morgan fingerprint density at radius 2 is 2.04 bits per heavy atom. The maximum absolute atomic E-state index is 10.4. The molecule has 2 fully saturated rings. The Kier molecular flexibility index (Phi) is 4.90. The number of aliphatic hydroxyl groups is 1. The number of likely N-dealkylation sites (tertiary alicyclic amines) is 1. The van der Waals surface area contributed by atoms with E-state index < -0.39 is 0 Å². The van der Waals surface area contributed by atoms with Crippen LogP contribution in [0.25, 0.3) is 0 Å². The molecule has 4 nitrogen and oxygen atoms in total. The average Bonchev–Trinajstić information content (AvgIpc) is 3.36. The topological polar surface area (TPSA) is 38.7 Å². The van der Waals surface area contributed by atoms with E-state index in [9.17, 15) is 5.11 Å². The summed E-state index contributed by atoms with van der Waals surface area (Å²) in [5, 5.41) is 14.1. The highest BCUT2D eigenvalue weighted by Crippen LogP contribution is 2.33. The molecule has 24 heavy (non-hydrogen) atoms. The summed E-state index contributed by atoms with van der Waals surface area (Å²) in [7, 11) is 0. The van der Waals surface area contributed by atoms with Gasteiger partial charge in [-0.1, -0.05) is 24.3 Å². The van der Waals surface area contributed by atoms with E-state index in [0.29, 0.717) is 18.6 Å². The minimum absolute atomic E-state index is 0.277. The summed E-state index contributed by atoms with van der Waals surface area (Å²) in [5.74, 6) is 0. The number of benzene rings is 1. The lowest BCUT2D eigenvalue weighted by Crippen LogP contribution is -2.43. The fourth-order valence-electron chi connectivity index (χ4n) is 4.49. The maximum Gasteiger partial charge on any atom is 0.0791 e. The molecule has 0 amide bonds. The molecule has 0 aromatic heterocycles. The Labute approximate surface area is 145 Å². The SMILES string of the molecule is CC1CC(NCC(O)CN2CCc3ccccc3C2)CN1C1CC1. The number of fused-ring (bicyclic) bond motifs is 1. The van der Waals surface area contributed by atoms with Gasteiger partial charge in [-0.15, -0.1) is 0 Å². The molecular formula is C20H31N3O. The molecule has 4 heteroatoms. The quantitative estimate of drug-likeness (QED) is 0.832. The van der Waals surface area contributed by atoms with E-state index in [1.807, 2.05) is 0 Å². The van der Waals surface area contributed by atoms with Crippen molar-refractivity contribution in [1.82, 2.24) is 15.1 Å². The van der Waals surface area contributed by atoms with Gasteiger partial charge >= 0.3 is 0 Å². The third kappa shape index (κ3) is 3.83. The van der Waals surface area contributed by atoms with Crippen molar-refractivity contribution in [2.45, 2.75) is 63.4 Å². The first-order chi connectivity index (χ1) is 11.7. The fraction of sp³-hybridized carbons (Fsp3) is 0.700. The zero-order chi connectivity index (χ0) is 16.5. The number of hydrogen-bond acceptors (Lipinski definition) is 4. The molecule has 4 rings (SSSR count). The van der Waals surface area contributed by atoms with Gasteiger partial charge in [-0.3, -0.25) is 9.80 Å². The van der Waals surface area contributed by atoms with Crippen molar-refractivity contribution in [3.63, 3.8) is 0 Å². The van der Waals surface area contributed by atoms with Crippen LogP contribution in [0.3, 0.4) is 0 Å². The lowest BCUT2D eigenvalue weighted by Gasteiger charge is -2.30. The Morgan fingerprint density at radius 3 is 2.83 bits per heavy atom.